The van der Waals surface area contributed by atoms with E-state index in [1.54, 1.807) is 25.1 Å². The number of anilines is 2. The lowest BCUT2D eigenvalue weighted by Crippen LogP contribution is -2.16. The third-order valence-corrected chi connectivity index (χ3v) is 7.52. The zero-order valence-corrected chi connectivity index (χ0v) is 19.3. The zero-order chi connectivity index (χ0) is 23.7. The van der Waals surface area contributed by atoms with Crippen LogP contribution in [0, 0.1) is 24.0 Å². The van der Waals surface area contributed by atoms with Gasteiger partial charge in [0.25, 0.3) is 25.7 Å². The molecule has 0 heterocycles. The molecule has 0 amide bonds. The van der Waals surface area contributed by atoms with Crippen LogP contribution >= 0.6 is 11.6 Å². The van der Waals surface area contributed by atoms with Crippen LogP contribution in [0.2, 0.25) is 5.02 Å². The molecule has 0 saturated heterocycles. The predicted molar refractivity (Wildman–Crippen MR) is 122 cm³/mol. The van der Waals surface area contributed by atoms with Gasteiger partial charge < -0.3 is 0 Å². The van der Waals surface area contributed by atoms with Gasteiger partial charge in [-0.1, -0.05) is 29.8 Å². The minimum Gasteiger partial charge on any atom is -0.280 e. The monoisotopic (exact) mass is 495 g/mol. The number of sulfonamides is 2. The summed E-state index contributed by atoms with van der Waals surface area (Å²) in [4.78, 5) is 9.72. The largest absolute Gasteiger partial charge is 0.289 e. The number of halogens is 1. The molecule has 168 valence electrons. The Labute approximate surface area is 190 Å². The highest BCUT2D eigenvalue weighted by atomic mass is 35.5. The van der Waals surface area contributed by atoms with Crippen molar-refractivity contribution in [3.05, 3.63) is 86.9 Å². The normalized spacial score (nSPS) is 11.7. The standard InChI is InChI=1S/C20H18ClN3O6S2/c1-13-4-3-5-15(10-13)22-31(27,28)16-7-6-14(2)19(11-16)23-32(29,30)17-8-9-18(21)20(12-17)24(25)26/h3-12,22-23H,1-2H3. The molecular formula is C20H18ClN3O6S2. The Kier molecular flexibility index (Phi) is 6.44. The minimum atomic E-state index is -4.26. The van der Waals surface area contributed by atoms with Crippen molar-refractivity contribution < 1.29 is 21.8 Å². The summed E-state index contributed by atoms with van der Waals surface area (Å²) in [6.45, 7) is 3.41. The van der Waals surface area contributed by atoms with Crippen LogP contribution in [0.25, 0.3) is 0 Å². The van der Waals surface area contributed by atoms with Crippen molar-refractivity contribution in [3.63, 3.8) is 0 Å². The second kappa shape index (κ2) is 8.77. The van der Waals surface area contributed by atoms with E-state index >= 15 is 0 Å². The molecule has 3 aromatic carbocycles. The topological polar surface area (TPSA) is 135 Å². The highest BCUT2D eigenvalue weighted by molar-refractivity contribution is 7.93. The molecule has 0 aromatic heterocycles. The summed E-state index contributed by atoms with van der Waals surface area (Å²) >= 11 is 5.74. The average molecular weight is 496 g/mol. The third kappa shape index (κ3) is 5.18. The van der Waals surface area contributed by atoms with Gasteiger partial charge in [0, 0.05) is 11.8 Å². The first-order valence-corrected chi connectivity index (χ1v) is 12.4. The van der Waals surface area contributed by atoms with Crippen molar-refractivity contribution in [2.75, 3.05) is 9.44 Å². The number of hydrogen-bond acceptors (Lipinski definition) is 6. The fraction of sp³-hybridized carbons (Fsp3) is 0.100. The van der Waals surface area contributed by atoms with Crippen molar-refractivity contribution in [1.82, 2.24) is 0 Å². The summed E-state index contributed by atoms with van der Waals surface area (Å²) in [5, 5.41) is 10.9. The summed E-state index contributed by atoms with van der Waals surface area (Å²) in [5.74, 6) is 0. The van der Waals surface area contributed by atoms with Gasteiger partial charge in [0.2, 0.25) is 0 Å². The van der Waals surface area contributed by atoms with E-state index in [0.29, 0.717) is 11.3 Å². The maximum absolute atomic E-state index is 12.8. The van der Waals surface area contributed by atoms with E-state index in [2.05, 4.69) is 9.44 Å². The predicted octanol–water partition coefficient (Wildman–Crippen LogP) is 4.47. The van der Waals surface area contributed by atoms with Crippen LogP contribution in [0.1, 0.15) is 11.1 Å². The maximum Gasteiger partial charge on any atom is 0.289 e. The maximum atomic E-state index is 12.8. The fourth-order valence-electron chi connectivity index (χ4n) is 2.80. The molecule has 0 unspecified atom stereocenters. The first-order chi connectivity index (χ1) is 14.9. The second-order valence-corrected chi connectivity index (χ2v) is 10.7. The molecule has 12 heteroatoms. The number of nitrogens with zero attached hydrogens (tertiary/aromatic N) is 1. The molecule has 0 aliphatic heterocycles. The number of hydrogen-bond donors (Lipinski definition) is 2. The van der Waals surface area contributed by atoms with E-state index in [1.807, 2.05) is 13.0 Å². The van der Waals surface area contributed by atoms with E-state index < -0.39 is 30.7 Å². The molecule has 32 heavy (non-hydrogen) atoms. The Morgan fingerprint density at radius 3 is 2.12 bits per heavy atom. The Bertz CT molecular complexity index is 1420. The van der Waals surface area contributed by atoms with Crippen LogP contribution in [0.5, 0.6) is 0 Å². The lowest BCUT2D eigenvalue weighted by atomic mass is 10.2. The molecule has 0 aliphatic rings. The van der Waals surface area contributed by atoms with Crippen molar-refractivity contribution in [2.45, 2.75) is 23.6 Å². The van der Waals surface area contributed by atoms with E-state index in [1.165, 1.54) is 18.2 Å². The van der Waals surface area contributed by atoms with E-state index in [4.69, 9.17) is 11.6 Å². The van der Waals surface area contributed by atoms with Gasteiger partial charge in [-0.3, -0.25) is 19.6 Å². The first-order valence-electron chi connectivity index (χ1n) is 9.06. The summed E-state index contributed by atoms with van der Waals surface area (Å²) in [6.07, 6.45) is 0. The molecule has 0 bridgehead atoms. The summed E-state index contributed by atoms with van der Waals surface area (Å²) in [7, 11) is -8.27. The van der Waals surface area contributed by atoms with Crippen LogP contribution < -0.4 is 9.44 Å². The number of aryl methyl sites for hydroxylation is 2. The van der Waals surface area contributed by atoms with Crippen molar-refractivity contribution in [3.8, 4) is 0 Å². The molecule has 3 aromatic rings. The molecule has 0 atom stereocenters. The number of nitro groups is 1. The summed E-state index contributed by atoms with van der Waals surface area (Å²) in [5.41, 5.74) is 1.12. The lowest BCUT2D eigenvalue weighted by molar-refractivity contribution is -0.384. The Morgan fingerprint density at radius 2 is 1.47 bits per heavy atom. The molecule has 9 nitrogen and oxygen atoms in total. The van der Waals surface area contributed by atoms with Gasteiger partial charge in [-0.25, -0.2) is 16.8 Å². The molecule has 0 aliphatic carbocycles. The van der Waals surface area contributed by atoms with E-state index in [9.17, 15) is 26.9 Å². The number of benzene rings is 3. The Morgan fingerprint density at radius 1 is 0.844 bits per heavy atom. The second-order valence-electron chi connectivity index (χ2n) is 6.93. The van der Waals surface area contributed by atoms with Crippen molar-refractivity contribution in [2.24, 2.45) is 0 Å². The highest BCUT2D eigenvalue weighted by Crippen LogP contribution is 2.29. The van der Waals surface area contributed by atoms with Gasteiger partial charge >= 0.3 is 0 Å². The van der Waals surface area contributed by atoms with Crippen LogP contribution in [-0.4, -0.2) is 21.8 Å². The zero-order valence-electron chi connectivity index (χ0n) is 16.9. The summed E-state index contributed by atoms with van der Waals surface area (Å²) < 4.78 is 55.9. The lowest BCUT2D eigenvalue weighted by Gasteiger charge is -2.14. The summed E-state index contributed by atoms with van der Waals surface area (Å²) in [6, 6.07) is 13.8. The van der Waals surface area contributed by atoms with Gasteiger partial charge in [0.15, 0.2) is 0 Å². The van der Waals surface area contributed by atoms with Gasteiger partial charge in [0.1, 0.15) is 5.02 Å². The van der Waals surface area contributed by atoms with Crippen LogP contribution in [0.15, 0.2) is 70.5 Å². The molecule has 3 rings (SSSR count). The number of nitro benzene ring substituents is 1. The molecule has 2 N–H and O–H groups in total. The molecule has 0 saturated carbocycles. The Hall–Kier alpha value is -3.15. The van der Waals surface area contributed by atoms with Crippen LogP contribution in [0.4, 0.5) is 17.1 Å². The molecule has 0 fully saturated rings. The SMILES string of the molecule is Cc1cccc(NS(=O)(=O)c2ccc(C)c(NS(=O)(=O)c3ccc(Cl)c([N+](=O)[O-])c3)c2)c1. The van der Waals surface area contributed by atoms with E-state index in [0.717, 1.165) is 23.8 Å². The van der Waals surface area contributed by atoms with Gasteiger partial charge in [-0.2, -0.15) is 0 Å². The van der Waals surface area contributed by atoms with Crippen molar-refractivity contribution in [1.29, 1.82) is 0 Å². The highest BCUT2D eigenvalue weighted by Gasteiger charge is 2.23. The minimum absolute atomic E-state index is 0.00900. The Balaban J connectivity index is 1.95. The average Bonchev–Trinajstić information content (AvgIpc) is 2.69. The fourth-order valence-corrected chi connectivity index (χ4v) is 5.21. The molecule has 0 spiro atoms. The number of rotatable bonds is 7. The van der Waals surface area contributed by atoms with Crippen LogP contribution in [-0.2, 0) is 20.0 Å². The smallest absolute Gasteiger partial charge is 0.280 e. The molecule has 0 radical (unpaired) electrons. The molecular weight excluding hydrogens is 478 g/mol. The van der Waals surface area contributed by atoms with Gasteiger partial charge in [0.05, 0.1) is 20.4 Å². The quantitative estimate of drug-likeness (QED) is 0.366. The van der Waals surface area contributed by atoms with E-state index in [-0.39, 0.29) is 20.5 Å². The van der Waals surface area contributed by atoms with Gasteiger partial charge in [-0.15, -0.1) is 0 Å². The van der Waals surface area contributed by atoms with Gasteiger partial charge in [-0.05, 0) is 61.4 Å². The third-order valence-electron chi connectivity index (χ3n) is 4.46. The first kappa shape index (κ1) is 23.5. The van der Waals surface area contributed by atoms with Crippen molar-refractivity contribution >= 4 is 48.7 Å². The van der Waals surface area contributed by atoms with Crippen LogP contribution in [0.3, 0.4) is 0 Å². The number of nitrogens with one attached hydrogen (secondary N) is 2.